The second kappa shape index (κ2) is 43.8. The SMILES string of the molecule is CC.CC.CC(O)CCC(=O)C(C)C(=O)OCC(C)(C)O.CC/C(COC(C)C(C)C)=N/OCc1ccc(-c2nc(NC(=O)C(N)CCCCN)cs2)cn1.CC1CC(N(C)C)CC(O)O1.CCC(=O)N=C(C)C(C)C. The van der Waals surface area contributed by atoms with Crippen LogP contribution in [0.25, 0.3) is 10.6 Å². The maximum absolute atomic E-state index is 12.2. The van der Waals surface area contributed by atoms with Gasteiger partial charge in [-0.3, -0.25) is 24.2 Å². The molecule has 7 unspecified atom stereocenters. The fraction of sp³-hybridized carbons (Fsp3) is 0.750. The van der Waals surface area contributed by atoms with E-state index in [1.54, 1.807) is 18.5 Å². The summed E-state index contributed by atoms with van der Waals surface area (Å²) < 4.78 is 15.8. The smallest absolute Gasteiger partial charge is 0.316 e. The molecule has 76 heavy (non-hydrogen) atoms. The van der Waals surface area contributed by atoms with E-state index in [1.807, 2.05) is 95.5 Å². The van der Waals surface area contributed by atoms with E-state index >= 15 is 0 Å². The molecule has 19 nitrogen and oxygen atoms in total. The maximum atomic E-state index is 12.2. The van der Waals surface area contributed by atoms with Crippen molar-refractivity contribution in [2.45, 2.75) is 224 Å². The van der Waals surface area contributed by atoms with Crippen molar-refractivity contribution in [2.75, 3.05) is 39.2 Å². The number of aliphatic imine (C=N–C) groups is 1. The number of rotatable bonds is 25. The van der Waals surface area contributed by atoms with E-state index in [2.05, 4.69) is 51.1 Å². The third kappa shape index (κ3) is 37.6. The number of Topliss-reactive ketones (excluding diaryl/α,β-unsaturated/α-hetero) is 1. The van der Waals surface area contributed by atoms with Gasteiger partial charge in [0.2, 0.25) is 11.8 Å². The number of unbranched alkanes of at least 4 members (excludes halogenated alkanes) is 1. The normalized spacial score (nSPS) is 17.0. The predicted molar refractivity (Wildman–Crippen MR) is 309 cm³/mol. The Morgan fingerprint density at radius 2 is 1.62 bits per heavy atom. The number of hydrogen-bond acceptors (Lipinski definition) is 18. The number of carbonyl (C=O) groups is 4. The first kappa shape index (κ1) is 76.1. The summed E-state index contributed by atoms with van der Waals surface area (Å²) in [6, 6.07) is 3.69. The predicted octanol–water partition coefficient (Wildman–Crippen LogP) is 9.14. The summed E-state index contributed by atoms with van der Waals surface area (Å²) in [5.41, 5.74) is 13.7. The minimum atomic E-state index is -1.10. The first-order valence-corrected chi connectivity index (χ1v) is 28.2. The van der Waals surface area contributed by atoms with Crippen LogP contribution in [0.5, 0.6) is 0 Å². The highest BCUT2D eigenvalue weighted by Crippen LogP contribution is 2.26. The zero-order chi connectivity index (χ0) is 59.1. The van der Waals surface area contributed by atoms with Gasteiger partial charge in [0.1, 0.15) is 29.1 Å². The molecule has 1 fully saturated rings. The van der Waals surface area contributed by atoms with E-state index in [0.717, 1.165) is 59.8 Å². The third-order valence-electron chi connectivity index (χ3n) is 11.2. The van der Waals surface area contributed by atoms with Crippen molar-refractivity contribution < 1.29 is 53.5 Å². The summed E-state index contributed by atoms with van der Waals surface area (Å²) in [6.07, 6.45) is 6.75. The minimum absolute atomic E-state index is 0.0220. The van der Waals surface area contributed by atoms with Gasteiger partial charge < -0.3 is 56.1 Å². The van der Waals surface area contributed by atoms with Gasteiger partial charge >= 0.3 is 5.97 Å². The monoisotopic (exact) mass is 1100 g/mol. The van der Waals surface area contributed by atoms with Crippen LogP contribution in [0.15, 0.2) is 33.9 Å². The highest BCUT2D eigenvalue weighted by molar-refractivity contribution is 7.13. The van der Waals surface area contributed by atoms with Crippen LogP contribution in [-0.4, -0.2) is 141 Å². The number of aliphatic hydroxyl groups excluding tert-OH is 2. The summed E-state index contributed by atoms with van der Waals surface area (Å²) in [6.45, 7) is 33.4. The number of ketones is 1. The molecule has 0 bridgehead atoms. The van der Waals surface area contributed by atoms with Crippen LogP contribution in [0.1, 0.15) is 181 Å². The Hall–Kier alpha value is -4.12. The van der Waals surface area contributed by atoms with Crippen LogP contribution < -0.4 is 16.8 Å². The standard InChI is InChI=1S/C24H38N6O3S.C12H22O5.C8H17NO2.C8H15NO.2C2H6/c1-5-19(13-32-17(4)16(2)3)30-33-14-20-10-9-18(12-27-20)24-29-22(15-34-24)28-23(31)21(26)8-6-7-11-25;1-8(13)5-6-10(14)9(2)11(15)17-7-12(3,4)16;1-6-4-7(9(2)3)5-8(10)11-6;1-5-8(10)9-7(4)6(2)3;2*1-2/h9-10,12,15-17,21H,5-8,11,13-14,25-26H2,1-4H3,(H,28,31);8-9,13,16H,5-7H2,1-4H3;6-8,10H,4-5H2,1-3H3;6H,5H2,1-4H3;2*1-2H3/b30-19-;;;;;. The van der Waals surface area contributed by atoms with E-state index < -0.39 is 35.9 Å². The van der Waals surface area contributed by atoms with Crippen molar-refractivity contribution in [1.29, 1.82) is 0 Å². The Labute approximate surface area is 461 Å². The number of aromatic nitrogens is 2. The summed E-state index contributed by atoms with van der Waals surface area (Å²) in [5.74, 6) is -0.680. The first-order chi connectivity index (χ1) is 35.6. The molecule has 1 saturated heterocycles. The second-order valence-corrected chi connectivity index (χ2v) is 20.5. The largest absolute Gasteiger partial charge is 0.462 e. The Balaban J connectivity index is -0.00000105. The van der Waals surface area contributed by atoms with Crippen LogP contribution in [0.2, 0.25) is 0 Å². The maximum Gasteiger partial charge on any atom is 0.316 e. The molecule has 3 heterocycles. The van der Waals surface area contributed by atoms with Gasteiger partial charge in [0.25, 0.3) is 0 Å². The summed E-state index contributed by atoms with van der Waals surface area (Å²) >= 11 is 1.43. The molecule has 0 saturated carbocycles. The topological polar surface area (TPSA) is 284 Å². The molecule has 1 aliphatic heterocycles. The number of hydrogen-bond donors (Lipinski definition) is 6. The quantitative estimate of drug-likeness (QED) is 0.0178. The number of oxime groups is 1. The lowest BCUT2D eigenvalue weighted by atomic mass is 10.0. The van der Waals surface area contributed by atoms with Gasteiger partial charge in [0.15, 0.2) is 12.9 Å². The lowest BCUT2D eigenvalue weighted by Crippen LogP contribution is -2.41. The minimum Gasteiger partial charge on any atom is -0.462 e. The molecule has 20 heteroatoms. The fourth-order valence-electron chi connectivity index (χ4n) is 5.75. The second-order valence-electron chi connectivity index (χ2n) is 19.6. The molecular formula is C56H104N8O11S. The van der Waals surface area contributed by atoms with Crippen LogP contribution in [-0.2, 0) is 44.8 Å². The highest BCUT2D eigenvalue weighted by Gasteiger charge is 2.27. The number of pyridine rings is 1. The van der Waals surface area contributed by atoms with Gasteiger partial charge in [-0.2, -0.15) is 0 Å². The molecule has 8 N–H and O–H groups in total. The summed E-state index contributed by atoms with van der Waals surface area (Å²) in [7, 11) is 4.07. The number of amides is 2. The van der Waals surface area contributed by atoms with Crippen molar-refractivity contribution >= 4 is 52.1 Å². The average Bonchev–Trinajstić information content (AvgIpc) is 3.85. The lowest BCUT2D eigenvalue weighted by molar-refractivity contribution is -0.172. The number of thiazole rings is 1. The number of ether oxygens (including phenoxy) is 3. The van der Waals surface area contributed by atoms with Crippen molar-refractivity contribution in [3.63, 3.8) is 0 Å². The molecule has 440 valence electrons. The molecule has 0 aliphatic carbocycles. The average molecular weight is 1100 g/mol. The van der Waals surface area contributed by atoms with Crippen LogP contribution in [0, 0.1) is 17.8 Å². The fourth-order valence-corrected chi connectivity index (χ4v) is 6.49. The van der Waals surface area contributed by atoms with Crippen LogP contribution >= 0.6 is 11.3 Å². The van der Waals surface area contributed by atoms with Gasteiger partial charge in [-0.15, -0.1) is 11.3 Å². The molecule has 0 aromatic carbocycles. The van der Waals surface area contributed by atoms with Crippen LogP contribution in [0.3, 0.4) is 0 Å². The molecule has 0 spiro atoms. The molecule has 2 aromatic heterocycles. The number of carbonyl (C=O) groups excluding carboxylic acids is 4. The zero-order valence-corrected chi connectivity index (χ0v) is 50.9. The number of aliphatic hydroxyl groups is 3. The first-order valence-electron chi connectivity index (χ1n) is 27.3. The van der Waals surface area contributed by atoms with Crippen molar-refractivity contribution in [2.24, 2.45) is 39.4 Å². The van der Waals surface area contributed by atoms with E-state index in [9.17, 15) is 29.4 Å². The van der Waals surface area contributed by atoms with Gasteiger partial charge in [-0.25, -0.2) is 9.98 Å². The lowest BCUT2D eigenvalue weighted by Gasteiger charge is -2.34. The van der Waals surface area contributed by atoms with Crippen molar-refractivity contribution in [3.05, 3.63) is 29.4 Å². The van der Waals surface area contributed by atoms with E-state index in [1.165, 1.54) is 32.1 Å². The summed E-state index contributed by atoms with van der Waals surface area (Å²) in [4.78, 5) is 66.4. The van der Waals surface area contributed by atoms with Gasteiger partial charge in [0, 0.05) is 48.2 Å². The highest BCUT2D eigenvalue weighted by atomic mass is 32.1. The molecule has 0 radical (unpaired) electrons. The molecule has 3 rings (SSSR count). The Morgan fingerprint density at radius 1 is 0.987 bits per heavy atom. The van der Waals surface area contributed by atoms with E-state index in [-0.39, 0.29) is 49.4 Å². The molecule has 1 aliphatic rings. The van der Waals surface area contributed by atoms with E-state index in [4.69, 9.17) is 35.6 Å². The Bertz CT molecular complexity index is 1890. The summed E-state index contributed by atoms with van der Waals surface area (Å²) in [5, 5.41) is 37.2. The molecular weight excluding hydrogens is 993 g/mol. The Kier molecular flexibility index (Phi) is 43.9. The number of nitrogens with zero attached hydrogens (tertiary/aromatic N) is 5. The molecule has 2 aromatic rings. The number of esters is 1. The zero-order valence-electron chi connectivity index (χ0n) is 50.1. The van der Waals surface area contributed by atoms with Gasteiger partial charge in [0.05, 0.1) is 48.0 Å². The van der Waals surface area contributed by atoms with E-state index in [0.29, 0.717) is 56.1 Å². The van der Waals surface area contributed by atoms with Gasteiger partial charge in [-0.05, 0) is 125 Å². The molecule has 2 amide bonds. The number of nitrogens with two attached hydrogens (primary N) is 2. The number of nitrogens with one attached hydrogen (secondary N) is 1. The van der Waals surface area contributed by atoms with Gasteiger partial charge in [-0.1, -0.05) is 80.8 Å². The third-order valence-corrected chi connectivity index (χ3v) is 12.1. The molecule has 7 atom stereocenters. The van der Waals surface area contributed by atoms with Crippen molar-refractivity contribution in [1.82, 2.24) is 14.9 Å². The van der Waals surface area contributed by atoms with Crippen LogP contribution in [0.4, 0.5) is 5.82 Å². The Morgan fingerprint density at radius 3 is 2.11 bits per heavy atom. The number of anilines is 1. The van der Waals surface area contributed by atoms with Crippen molar-refractivity contribution in [3.8, 4) is 10.6 Å².